The molecule has 0 bridgehead atoms. The predicted octanol–water partition coefficient (Wildman–Crippen LogP) is 2.89. The van der Waals surface area contributed by atoms with Crippen molar-refractivity contribution in [1.82, 2.24) is 5.32 Å². The summed E-state index contributed by atoms with van der Waals surface area (Å²) in [6, 6.07) is 6.79. The third-order valence-corrected chi connectivity index (χ3v) is 4.53. The van der Waals surface area contributed by atoms with E-state index in [2.05, 4.69) is 5.32 Å². The lowest BCUT2D eigenvalue weighted by atomic mass is 9.95. The number of hydrogen-bond donors (Lipinski definition) is 1. The number of nitrogens with one attached hydrogen (secondary N) is 1. The molecular weight excluding hydrogens is 288 g/mol. The average molecular weight is 307 g/mol. The van der Waals surface area contributed by atoms with Crippen LogP contribution < -0.4 is 10.2 Å². The summed E-state index contributed by atoms with van der Waals surface area (Å²) in [7, 11) is 0. The zero-order valence-corrected chi connectivity index (χ0v) is 12.6. The van der Waals surface area contributed by atoms with E-state index in [-0.39, 0.29) is 24.3 Å². The predicted molar refractivity (Wildman–Crippen MR) is 82.4 cm³/mol. The number of amides is 2. The molecule has 5 heteroatoms. The van der Waals surface area contributed by atoms with Gasteiger partial charge in [0.15, 0.2) is 0 Å². The van der Waals surface area contributed by atoms with Gasteiger partial charge in [-0.25, -0.2) is 4.90 Å². The molecule has 0 unspecified atom stereocenters. The van der Waals surface area contributed by atoms with Gasteiger partial charge in [0.2, 0.25) is 5.91 Å². The van der Waals surface area contributed by atoms with Gasteiger partial charge in [-0.05, 0) is 37.1 Å². The van der Waals surface area contributed by atoms with E-state index in [4.69, 9.17) is 11.6 Å². The van der Waals surface area contributed by atoms with Gasteiger partial charge in [-0.2, -0.15) is 0 Å². The van der Waals surface area contributed by atoms with Gasteiger partial charge >= 0.3 is 0 Å². The van der Waals surface area contributed by atoms with Crippen LogP contribution in [-0.2, 0) is 9.59 Å². The summed E-state index contributed by atoms with van der Waals surface area (Å²) in [6.45, 7) is 0. The van der Waals surface area contributed by atoms with Crippen LogP contribution in [0.25, 0.3) is 0 Å². The highest BCUT2D eigenvalue weighted by atomic mass is 35.5. The number of benzene rings is 1. The number of anilines is 1. The minimum absolute atomic E-state index is 0.143. The first-order valence-electron chi connectivity index (χ1n) is 7.53. The summed E-state index contributed by atoms with van der Waals surface area (Å²) in [4.78, 5) is 25.9. The molecule has 0 aromatic heterocycles. The van der Waals surface area contributed by atoms with Crippen molar-refractivity contribution in [2.45, 2.75) is 50.6 Å². The number of halogens is 1. The Morgan fingerprint density at radius 1 is 1.05 bits per heavy atom. The van der Waals surface area contributed by atoms with E-state index in [9.17, 15) is 9.59 Å². The third-order valence-electron chi connectivity index (χ3n) is 4.27. The summed E-state index contributed by atoms with van der Waals surface area (Å²) in [6.07, 6.45) is 6.11. The zero-order valence-electron chi connectivity index (χ0n) is 11.8. The molecule has 1 aromatic carbocycles. The highest BCUT2D eigenvalue weighted by molar-refractivity contribution is 6.30. The van der Waals surface area contributed by atoms with Crippen LogP contribution >= 0.6 is 11.6 Å². The maximum Gasteiger partial charge on any atom is 0.251 e. The molecule has 2 amide bonds. The normalized spacial score (nSPS) is 23.9. The summed E-state index contributed by atoms with van der Waals surface area (Å²) < 4.78 is 0. The number of imide groups is 1. The second kappa shape index (κ2) is 6.16. The molecule has 2 fully saturated rings. The Kier molecular flexibility index (Phi) is 4.27. The number of carbonyl (C=O) groups excluding carboxylic acids is 2. The van der Waals surface area contributed by atoms with Crippen LogP contribution in [0.5, 0.6) is 0 Å². The van der Waals surface area contributed by atoms with Crippen LogP contribution in [0, 0.1) is 0 Å². The molecule has 1 aliphatic carbocycles. The molecule has 1 saturated heterocycles. The van der Waals surface area contributed by atoms with Crippen molar-refractivity contribution < 1.29 is 9.59 Å². The summed E-state index contributed by atoms with van der Waals surface area (Å²) in [5, 5.41) is 3.96. The molecule has 1 N–H and O–H groups in total. The topological polar surface area (TPSA) is 49.4 Å². The molecule has 1 aromatic rings. The Labute approximate surface area is 129 Å². The van der Waals surface area contributed by atoms with E-state index in [1.54, 1.807) is 24.3 Å². The summed E-state index contributed by atoms with van der Waals surface area (Å²) in [5.74, 6) is -0.288. The van der Waals surface area contributed by atoms with Crippen molar-refractivity contribution in [2.24, 2.45) is 0 Å². The molecular formula is C16H19ClN2O2. The van der Waals surface area contributed by atoms with E-state index in [0.717, 1.165) is 12.8 Å². The van der Waals surface area contributed by atoms with Crippen LogP contribution in [0.4, 0.5) is 5.69 Å². The van der Waals surface area contributed by atoms with Crippen LogP contribution in [0.15, 0.2) is 24.3 Å². The van der Waals surface area contributed by atoms with Gasteiger partial charge in [0.25, 0.3) is 5.91 Å². The van der Waals surface area contributed by atoms with E-state index < -0.39 is 0 Å². The minimum atomic E-state index is -0.378. The molecule has 1 atom stereocenters. The number of carbonyl (C=O) groups is 2. The average Bonchev–Trinajstić information content (AvgIpc) is 2.76. The number of nitrogens with zero attached hydrogens (tertiary/aromatic N) is 1. The molecule has 0 radical (unpaired) electrons. The zero-order chi connectivity index (χ0) is 14.8. The second-order valence-corrected chi connectivity index (χ2v) is 6.24. The Morgan fingerprint density at radius 2 is 1.71 bits per heavy atom. The van der Waals surface area contributed by atoms with Gasteiger partial charge in [0.1, 0.15) is 0 Å². The summed E-state index contributed by atoms with van der Waals surface area (Å²) >= 11 is 5.85. The van der Waals surface area contributed by atoms with Crippen molar-refractivity contribution in [3.05, 3.63) is 29.3 Å². The fraction of sp³-hybridized carbons (Fsp3) is 0.500. The van der Waals surface area contributed by atoms with E-state index in [1.807, 2.05) is 0 Å². The standard InChI is InChI=1S/C16H19ClN2O2/c17-11-6-8-13(9-7-11)19-15(20)10-14(16(19)21)18-12-4-2-1-3-5-12/h6-9,12,14,18H,1-5,10H2/t14-/m1/s1. The quantitative estimate of drug-likeness (QED) is 0.874. The third kappa shape index (κ3) is 3.11. The lowest BCUT2D eigenvalue weighted by Gasteiger charge is -2.25. The van der Waals surface area contributed by atoms with Gasteiger partial charge < -0.3 is 5.32 Å². The Hall–Kier alpha value is -1.39. The van der Waals surface area contributed by atoms with Gasteiger partial charge in [-0.3, -0.25) is 9.59 Å². The molecule has 0 spiro atoms. The van der Waals surface area contributed by atoms with Crippen molar-refractivity contribution in [3.63, 3.8) is 0 Å². The number of hydrogen-bond acceptors (Lipinski definition) is 3. The van der Waals surface area contributed by atoms with Crippen molar-refractivity contribution >= 4 is 29.1 Å². The van der Waals surface area contributed by atoms with E-state index in [0.29, 0.717) is 16.8 Å². The molecule has 4 nitrogen and oxygen atoms in total. The van der Waals surface area contributed by atoms with Crippen LogP contribution in [0.3, 0.4) is 0 Å². The van der Waals surface area contributed by atoms with Crippen LogP contribution in [-0.4, -0.2) is 23.9 Å². The lowest BCUT2D eigenvalue weighted by Crippen LogP contribution is -2.44. The monoisotopic (exact) mass is 306 g/mol. The van der Waals surface area contributed by atoms with Gasteiger partial charge in [-0.15, -0.1) is 0 Å². The van der Waals surface area contributed by atoms with Gasteiger partial charge in [0, 0.05) is 11.1 Å². The molecule has 1 heterocycles. The molecule has 2 aliphatic rings. The highest BCUT2D eigenvalue weighted by Gasteiger charge is 2.40. The van der Waals surface area contributed by atoms with E-state index >= 15 is 0 Å². The number of rotatable bonds is 3. The smallest absolute Gasteiger partial charge is 0.251 e. The van der Waals surface area contributed by atoms with Crippen molar-refractivity contribution in [1.29, 1.82) is 0 Å². The first kappa shape index (κ1) is 14.5. The fourth-order valence-electron chi connectivity index (χ4n) is 3.18. The van der Waals surface area contributed by atoms with Crippen molar-refractivity contribution in [2.75, 3.05) is 4.90 Å². The van der Waals surface area contributed by atoms with Crippen LogP contribution in [0.1, 0.15) is 38.5 Å². The second-order valence-electron chi connectivity index (χ2n) is 5.80. The highest BCUT2D eigenvalue weighted by Crippen LogP contribution is 2.26. The SMILES string of the molecule is O=C1C[C@@H](NC2CCCCC2)C(=O)N1c1ccc(Cl)cc1. The molecule has 21 heavy (non-hydrogen) atoms. The lowest BCUT2D eigenvalue weighted by molar-refractivity contribution is -0.121. The Morgan fingerprint density at radius 3 is 2.38 bits per heavy atom. The van der Waals surface area contributed by atoms with Crippen LogP contribution in [0.2, 0.25) is 5.02 Å². The van der Waals surface area contributed by atoms with E-state index in [1.165, 1.54) is 24.2 Å². The molecule has 1 saturated carbocycles. The fourth-order valence-corrected chi connectivity index (χ4v) is 3.30. The first-order valence-corrected chi connectivity index (χ1v) is 7.91. The molecule has 1 aliphatic heterocycles. The first-order chi connectivity index (χ1) is 10.1. The largest absolute Gasteiger partial charge is 0.303 e. The van der Waals surface area contributed by atoms with Gasteiger partial charge in [0.05, 0.1) is 18.2 Å². The summed E-state index contributed by atoms with van der Waals surface area (Å²) in [5.41, 5.74) is 0.599. The maximum absolute atomic E-state index is 12.5. The Balaban J connectivity index is 1.71. The molecule has 3 rings (SSSR count). The minimum Gasteiger partial charge on any atom is -0.303 e. The Bertz CT molecular complexity index is 538. The molecule has 112 valence electrons. The van der Waals surface area contributed by atoms with Gasteiger partial charge in [-0.1, -0.05) is 30.9 Å². The maximum atomic E-state index is 12.5. The van der Waals surface area contributed by atoms with Crippen molar-refractivity contribution in [3.8, 4) is 0 Å².